The van der Waals surface area contributed by atoms with Crippen molar-refractivity contribution in [1.82, 2.24) is 15.1 Å². The van der Waals surface area contributed by atoms with E-state index in [4.69, 9.17) is 4.74 Å². The van der Waals surface area contributed by atoms with Crippen LogP contribution in [0.2, 0.25) is 0 Å². The third-order valence-corrected chi connectivity index (χ3v) is 4.09. The summed E-state index contributed by atoms with van der Waals surface area (Å²) in [6.45, 7) is 6.17. The molecule has 1 aliphatic rings. The summed E-state index contributed by atoms with van der Waals surface area (Å²) in [5, 5.41) is 8.36. The Morgan fingerprint density at radius 3 is 2.50 bits per heavy atom. The van der Waals surface area contributed by atoms with Crippen LogP contribution in [0.1, 0.15) is 23.0 Å². The summed E-state index contributed by atoms with van der Waals surface area (Å²) < 4.78 is 5.34. The van der Waals surface area contributed by atoms with Crippen molar-refractivity contribution >= 4 is 11.7 Å². The number of rotatable bonds is 5. The summed E-state index contributed by atoms with van der Waals surface area (Å²) in [5.41, 5.74) is 1.48. The number of hydrogen-bond acceptors (Lipinski definition) is 5. The summed E-state index contributed by atoms with van der Waals surface area (Å²) in [6.07, 6.45) is 0. The van der Waals surface area contributed by atoms with Gasteiger partial charge in [0.2, 0.25) is 0 Å². The highest BCUT2D eigenvalue weighted by atomic mass is 16.5. The first kappa shape index (κ1) is 16.4. The predicted molar refractivity (Wildman–Crippen MR) is 91.9 cm³/mol. The smallest absolute Gasteiger partial charge is 0.274 e. The molecule has 6 nitrogen and oxygen atoms in total. The van der Waals surface area contributed by atoms with E-state index in [1.165, 1.54) is 0 Å². The SMILES string of the molecule is CCN(Cc1ccccc1)C(=O)c1ccc(N2CCOCC2)nn1. The summed E-state index contributed by atoms with van der Waals surface area (Å²) in [5.74, 6) is 0.698. The van der Waals surface area contributed by atoms with Gasteiger partial charge in [0.15, 0.2) is 11.5 Å². The van der Waals surface area contributed by atoms with Crippen LogP contribution in [-0.2, 0) is 11.3 Å². The van der Waals surface area contributed by atoms with Gasteiger partial charge in [-0.1, -0.05) is 30.3 Å². The molecule has 1 aromatic heterocycles. The number of carbonyl (C=O) groups excluding carboxylic acids is 1. The van der Waals surface area contributed by atoms with Gasteiger partial charge in [0, 0.05) is 26.2 Å². The molecule has 1 amide bonds. The minimum atomic E-state index is -0.0950. The Morgan fingerprint density at radius 2 is 1.88 bits per heavy atom. The average Bonchev–Trinajstić information content (AvgIpc) is 2.67. The number of anilines is 1. The molecule has 0 atom stereocenters. The lowest BCUT2D eigenvalue weighted by Gasteiger charge is -2.27. The molecule has 1 fully saturated rings. The molecule has 1 aliphatic heterocycles. The third-order valence-electron chi connectivity index (χ3n) is 4.09. The van der Waals surface area contributed by atoms with Crippen molar-refractivity contribution in [2.45, 2.75) is 13.5 Å². The molecule has 0 spiro atoms. The number of ether oxygens (including phenoxy) is 1. The number of benzene rings is 1. The standard InChI is InChI=1S/C18H22N4O2/c1-2-21(14-15-6-4-3-5-7-15)18(23)16-8-9-17(20-19-16)22-10-12-24-13-11-22/h3-9H,2,10-14H2,1H3. The van der Waals surface area contributed by atoms with Crippen LogP contribution >= 0.6 is 0 Å². The van der Waals surface area contributed by atoms with Crippen LogP contribution < -0.4 is 4.90 Å². The molecule has 6 heteroatoms. The van der Waals surface area contributed by atoms with Crippen molar-refractivity contribution in [3.63, 3.8) is 0 Å². The number of amides is 1. The van der Waals surface area contributed by atoms with E-state index in [0.29, 0.717) is 32.0 Å². The number of carbonyl (C=O) groups is 1. The first-order valence-electron chi connectivity index (χ1n) is 8.27. The summed E-state index contributed by atoms with van der Waals surface area (Å²) in [7, 11) is 0. The molecule has 2 aromatic rings. The Kier molecular flexibility index (Phi) is 5.38. The molecule has 1 saturated heterocycles. The second kappa shape index (κ2) is 7.88. The monoisotopic (exact) mass is 326 g/mol. The normalized spacial score (nSPS) is 14.5. The van der Waals surface area contributed by atoms with E-state index < -0.39 is 0 Å². The zero-order valence-corrected chi connectivity index (χ0v) is 13.9. The molecule has 0 N–H and O–H groups in total. The van der Waals surface area contributed by atoms with Gasteiger partial charge in [-0.15, -0.1) is 10.2 Å². The van der Waals surface area contributed by atoms with Gasteiger partial charge in [-0.3, -0.25) is 4.79 Å². The fourth-order valence-corrected chi connectivity index (χ4v) is 2.69. The minimum absolute atomic E-state index is 0.0950. The van der Waals surface area contributed by atoms with Gasteiger partial charge in [0.25, 0.3) is 5.91 Å². The molecule has 0 aliphatic carbocycles. The van der Waals surface area contributed by atoms with E-state index in [2.05, 4.69) is 15.1 Å². The molecule has 2 heterocycles. The van der Waals surface area contributed by atoms with Crippen LogP contribution in [0, 0.1) is 0 Å². The first-order chi connectivity index (χ1) is 11.8. The molecule has 3 rings (SSSR count). The molecule has 126 valence electrons. The van der Waals surface area contributed by atoms with E-state index in [1.807, 2.05) is 43.3 Å². The van der Waals surface area contributed by atoms with Crippen LogP contribution in [0.4, 0.5) is 5.82 Å². The Morgan fingerprint density at radius 1 is 1.12 bits per heavy atom. The lowest BCUT2D eigenvalue weighted by atomic mass is 10.2. The van der Waals surface area contributed by atoms with Crippen molar-refractivity contribution in [2.24, 2.45) is 0 Å². The molecule has 0 bridgehead atoms. The molecule has 24 heavy (non-hydrogen) atoms. The second-order valence-electron chi connectivity index (χ2n) is 5.68. The van der Waals surface area contributed by atoms with Crippen molar-refractivity contribution in [3.05, 3.63) is 53.7 Å². The third kappa shape index (κ3) is 3.89. The van der Waals surface area contributed by atoms with E-state index in [1.54, 1.807) is 11.0 Å². The molecular formula is C18H22N4O2. The molecular weight excluding hydrogens is 304 g/mol. The van der Waals surface area contributed by atoms with Gasteiger partial charge in [-0.2, -0.15) is 0 Å². The predicted octanol–water partition coefficient (Wildman–Crippen LogP) is 1.98. The maximum absolute atomic E-state index is 12.7. The maximum atomic E-state index is 12.7. The zero-order valence-electron chi connectivity index (χ0n) is 13.9. The highest BCUT2D eigenvalue weighted by Crippen LogP contribution is 2.13. The lowest BCUT2D eigenvalue weighted by molar-refractivity contribution is 0.0745. The van der Waals surface area contributed by atoms with Crippen LogP contribution in [0.25, 0.3) is 0 Å². The summed E-state index contributed by atoms with van der Waals surface area (Å²) >= 11 is 0. The summed E-state index contributed by atoms with van der Waals surface area (Å²) in [4.78, 5) is 16.5. The Hall–Kier alpha value is -2.47. The van der Waals surface area contributed by atoms with Gasteiger partial charge < -0.3 is 14.5 Å². The fraction of sp³-hybridized carbons (Fsp3) is 0.389. The number of morpholine rings is 1. The van der Waals surface area contributed by atoms with E-state index in [9.17, 15) is 4.79 Å². The van der Waals surface area contributed by atoms with Crippen molar-refractivity contribution in [2.75, 3.05) is 37.7 Å². The lowest BCUT2D eigenvalue weighted by Crippen LogP contribution is -2.37. The Bertz CT molecular complexity index is 654. The topological polar surface area (TPSA) is 58.6 Å². The number of hydrogen-bond donors (Lipinski definition) is 0. The summed E-state index contributed by atoms with van der Waals surface area (Å²) in [6, 6.07) is 13.6. The minimum Gasteiger partial charge on any atom is -0.378 e. The fourth-order valence-electron chi connectivity index (χ4n) is 2.69. The Labute approximate surface area is 142 Å². The van der Waals surface area contributed by atoms with Crippen LogP contribution in [0.15, 0.2) is 42.5 Å². The molecule has 0 saturated carbocycles. The van der Waals surface area contributed by atoms with Crippen LogP contribution in [0.3, 0.4) is 0 Å². The molecule has 0 radical (unpaired) electrons. The van der Waals surface area contributed by atoms with E-state index >= 15 is 0 Å². The first-order valence-corrected chi connectivity index (χ1v) is 8.27. The highest BCUT2D eigenvalue weighted by molar-refractivity contribution is 5.92. The van der Waals surface area contributed by atoms with Crippen LogP contribution in [0.5, 0.6) is 0 Å². The van der Waals surface area contributed by atoms with Crippen LogP contribution in [-0.4, -0.2) is 53.9 Å². The van der Waals surface area contributed by atoms with E-state index in [-0.39, 0.29) is 5.91 Å². The quantitative estimate of drug-likeness (QED) is 0.841. The van der Waals surface area contributed by atoms with Gasteiger partial charge in [-0.05, 0) is 24.6 Å². The van der Waals surface area contributed by atoms with Gasteiger partial charge in [0.05, 0.1) is 13.2 Å². The van der Waals surface area contributed by atoms with Gasteiger partial charge >= 0.3 is 0 Å². The largest absolute Gasteiger partial charge is 0.378 e. The highest BCUT2D eigenvalue weighted by Gasteiger charge is 2.18. The molecule has 0 unspecified atom stereocenters. The Balaban J connectivity index is 1.68. The van der Waals surface area contributed by atoms with Crippen molar-refractivity contribution in [1.29, 1.82) is 0 Å². The number of nitrogens with zero attached hydrogens (tertiary/aromatic N) is 4. The second-order valence-corrected chi connectivity index (χ2v) is 5.68. The zero-order chi connectivity index (χ0) is 16.8. The van der Waals surface area contributed by atoms with Crippen molar-refractivity contribution < 1.29 is 9.53 Å². The van der Waals surface area contributed by atoms with Gasteiger partial charge in [-0.25, -0.2) is 0 Å². The molecule has 1 aromatic carbocycles. The number of aromatic nitrogens is 2. The van der Waals surface area contributed by atoms with E-state index in [0.717, 1.165) is 24.5 Å². The van der Waals surface area contributed by atoms with Gasteiger partial charge in [0.1, 0.15) is 0 Å². The average molecular weight is 326 g/mol. The maximum Gasteiger partial charge on any atom is 0.274 e. The van der Waals surface area contributed by atoms with Crippen molar-refractivity contribution in [3.8, 4) is 0 Å².